The average molecular weight is 340 g/mol. The number of carboxylic acid groups (broad SMARTS) is 1. The lowest BCUT2D eigenvalue weighted by Crippen LogP contribution is -2.34. The maximum atomic E-state index is 11.6. The summed E-state index contributed by atoms with van der Waals surface area (Å²) in [5.74, 6) is -0.658. The number of aliphatic carboxylic acids is 1. The zero-order chi connectivity index (χ0) is 17.4. The number of anilines is 1. The van der Waals surface area contributed by atoms with Gasteiger partial charge in [-0.15, -0.1) is 0 Å². The highest BCUT2D eigenvalue weighted by molar-refractivity contribution is 5.81. The summed E-state index contributed by atoms with van der Waals surface area (Å²) in [5.41, 5.74) is 7.76. The molecule has 3 N–H and O–H groups in total. The molecule has 9 nitrogen and oxygen atoms in total. The Labute approximate surface area is 142 Å². The van der Waals surface area contributed by atoms with Gasteiger partial charge in [-0.25, -0.2) is 15.0 Å². The van der Waals surface area contributed by atoms with Gasteiger partial charge >= 0.3 is 5.97 Å². The first-order valence-electron chi connectivity index (χ1n) is 7.76. The molecule has 0 saturated carbocycles. The van der Waals surface area contributed by atoms with Crippen LogP contribution >= 0.6 is 0 Å². The van der Waals surface area contributed by atoms with Crippen molar-refractivity contribution in [3.8, 4) is 0 Å². The number of hydrogen-bond donors (Lipinski definition) is 2. The van der Waals surface area contributed by atoms with Crippen LogP contribution in [0.3, 0.4) is 0 Å². The molecule has 2 aromatic heterocycles. The number of hydroxylamine groups is 2. The van der Waals surface area contributed by atoms with Crippen molar-refractivity contribution in [1.29, 1.82) is 0 Å². The highest BCUT2D eigenvalue weighted by Crippen LogP contribution is 2.32. The van der Waals surface area contributed by atoms with Crippen LogP contribution in [0.5, 0.6) is 0 Å². The van der Waals surface area contributed by atoms with Gasteiger partial charge in [0.05, 0.1) is 12.9 Å². The molecule has 1 aromatic carbocycles. The Hall–Kier alpha value is -3.04. The van der Waals surface area contributed by atoms with Crippen molar-refractivity contribution in [3.63, 3.8) is 0 Å². The van der Waals surface area contributed by atoms with Crippen molar-refractivity contribution in [1.82, 2.24) is 24.6 Å². The Morgan fingerprint density at radius 3 is 2.84 bits per heavy atom. The average Bonchev–Trinajstić information content (AvgIpc) is 3.20. The Kier molecular flexibility index (Phi) is 3.79. The molecule has 1 saturated heterocycles. The van der Waals surface area contributed by atoms with Crippen molar-refractivity contribution in [2.75, 3.05) is 5.73 Å². The van der Waals surface area contributed by atoms with Crippen LogP contribution in [0.1, 0.15) is 18.2 Å². The topological polar surface area (TPSA) is 119 Å². The first kappa shape index (κ1) is 15.5. The number of nitrogens with two attached hydrogens (primary N) is 1. The molecule has 0 radical (unpaired) electrons. The highest BCUT2D eigenvalue weighted by Gasteiger charge is 2.39. The molecule has 0 spiro atoms. The number of nitrogen functional groups attached to an aromatic ring is 1. The van der Waals surface area contributed by atoms with Gasteiger partial charge in [0.1, 0.15) is 17.9 Å². The summed E-state index contributed by atoms with van der Waals surface area (Å²) in [4.78, 5) is 29.9. The Morgan fingerprint density at radius 1 is 1.28 bits per heavy atom. The minimum atomic E-state index is -0.933. The smallest absolute Gasteiger partial charge is 0.323 e. The summed E-state index contributed by atoms with van der Waals surface area (Å²) in [5, 5.41) is 11.0. The summed E-state index contributed by atoms with van der Waals surface area (Å²) < 4.78 is 1.69. The molecule has 9 heteroatoms. The number of rotatable bonds is 4. The van der Waals surface area contributed by atoms with Gasteiger partial charge in [-0.05, 0) is 5.56 Å². The molecule has 25 heavy (non-hydrogen) atoms. The van der Waals surface area contributed by atoms with Crippen LogP contribution in [0.2, 0.25) is 0 Å². The van der Waals surface area contributed by atoms with E-state index >= 15 is 0 Å². The summed E-state index contributed by atoms with van der Waals surface area (Å²) in [6, 6.07) is 8.81. The van der Waals surface area contributed by atoms with E-state index in [0.29, 0.717) is 17.7 Å². The minimum absolute atomic E-state index is 0.275. The van der Waals surface area contributed by atoms with Gasteiger partial charge < -0.3 is 10.8 Å². The minimum Gasteiger partial charge on any atom is -0.480 e. The van der Waals surface area contributed by atoms with Crippen LogP contribution in [0, 0.1) is 0 Å². The first-order valence-corrected chi connectivity index (χ1v) is 7.76. The molecular formula is C16H16N6O3. The lowest BCUT2D eigenvalue weighted by molar-refractivity contribution is -0.196. The Morgan fingerprint density at radius 2 is 2.08 bits per heavy atom. The molecule has 1 fully saturated rings. The first-order chi connectivity index (χ1) is 12.1. The lowest BCUT2D eigenvalue weighted by atomic mass is 10.1. The number of hydrogen-bond acceptors (Lipinski definition) is 7. The van der Waals surface area contributed by atoms with Crippen LogP contribution in [-0.4, -0.2) is 41.7 Å². The summed E-state index contributed by atoms with van der Waals surface area (Å²) in [6.45, 7) is 0.373. The van der Waals surface area contributed by atoms with E-state index in [1.165, 1.54) is 11.4 Å². The molecular weight excluding hydrogens is 324 g/mol. The van der Waals surface area contributed by atoms with Crippen LogP contribution in [0.4, 0.5) is 5.82 Å². The zero-order valence-electron chi connectivity index (χ0n) is 13.2. The summed E-state index contributed by atoms with van der Waals surface area (Å²) >= 11 is 0. The van der Waals surface area contributed by atoms with Crippen molar-refractivity contribution in [2.24, 2.45) is 0 Å². The normalized spacial score (nSPS) is 21.0. The Bertz CT molecular complexity index is 913. The predicted octanol–water partition coefficient (Wildman–Crippen LogP) is 1.20. The number of fused-ring (bicyclic) bond motifs is 1. The van der Waals surface area contributed by atoms with Crippen LogP contribution < -0.4 is 5.73 Å². The molecule has 0 aliphatic carbocycles. The van der Waals surface area contributed by atoms with Gasteiger partial charge in [0, 0.05) is 6.42 Å². The molecule has 128 valence electrons. The van der Waals surface area contributed by atoms with E-state index in [1.54, 1.807) is 10.9 Å². The molecule has 0 unspecified atom stereocenters. The van der Waals surface area contributed by atoms with Crippen LogP contribution in [0.15, 0.2) is 43.0 Å². The molecule has 1 aliphatic heterocycles. The largest absolute Gasteiger partial charge is 0.480 e. The van der Waals surface area contributed by atoms with Gasteiger partial charge in [-0.2, -0.15) is 5.06 Å². The summed E-state index contributed by atoms with van der Waals surface area (Å²) in [7, 11) is 0. The highest BCUT2D eigenvalue weighted by atomic mass is 16.7. The monoisotopic (exact) mass is 340 g/mol. The van der Waals surface area contributed by atoms with E-state index in [9.17, 15) is 9.90 Å². The number of benzene rings is 1. The van der Waals surface area contributed by atoms with E-state index < -0.39 is 18.2 Å². The van der Waals surface area contributed by atoms with Gasteiger partial charge in [-0.1, -0.05) is 30.3 Å². The van der Waals surface area contributed by atoms with Crippen LogP contribution in [-0.2, 0) is 16.2 Å². The number of nitrogens with zero attached hydrogens (tertiary/aromatic N) is 5. The fourth-order valence-electron chi connectivity index (χ4n) is 2.96. The fourth-order valence-corrected chi connectivity index (χ4v) is 2.96. The van der Waals surface area contributed by atoms with Crippen molar-refractivity contribution >= 4 is 23.0 Å². The Balaban J connectivity index is 1.63. The third-order valence-electron chi connectivity index (χ3n) is 4.19. The second kappa shape index (κ2) is 6.11. The lowest BCUT2D eigenvalue weighted by Gasteiger charge is -2.20. The van der Waals surface area contributed by atoms with E-state index in [2.05, 4.69) is 15.0 Å². The van der Waals surface area contributed by atoms with Crippen LogP contribution in [0.25, 0.3) is 11.2 Å². The van der Waals surface area contributed by atoms with Gasteiger partial charge in [-0.3, -0.25) is 14.2 Å². The van der Waals surface area contributed by atoms with Crippen molar-refractivity contribution < 1.29 is 14.7 Å². The van der Waals surface area contributed by atoms with Gasteiger partial charge in [0.2, 0.25) is 0 Å². The van der Waals surface area contributed by atoms with E-state index in [4.69, 9.17) is 10.6 Å². The third kappa shape index (κ3) is 2.79. The molecule has 3 heterocycles. The second-order valence-electron chi connectivity index (χ2n) is 5.79. The van der Waals surface area contributed by atoms with Crippen molar-refractivity contribution in [3.05, 3.63) is 48.5 Å². The number of imidazole rings is 1. The van der Waals surface area contributed by atoms with Gasteiger partial charge in [0.25, 0.3) is 0 Å². The molecule has 2 atom stereocenters. The SMILES string of the molecule is Nc1ncnc2c1ncn2[C@H]1C[C@@H](C(=O)O)N(Cc2ccccc2)O1. The maximum Gasteiger partial charge on any atom is 0.323 e. The molecule has 4 rings (SSSR count). The molecule has 0 bridgehead atoms. The van der Waals surface area contributed by atoms with Crippen molar-refractivity contribution in [2.45, 2.75) is 25.2 Å². The molecule has 0 amide bonds. The predicted molar refractivity (Wildman–Crippen MR) is 87.9 cm³/mol. The maximum absolute atomic E-state index is 11.6. The zero-order valence-corrected chi connectivity index (χ0v) is 13.2. The quantitative estimate of drug-likeness (QED) is 0.727. The van der Waals surface area contributed by atoms with E-state index in [1.807, 2.05) is 30.3 Å². The number of aromatic nitrogens is 4. The van der Waals surface area contributed by atoms with Gasteiger partial charge in [0.15, 0.2) is 17.7 Å². The number of carbonyl (C=O) groups is 1. The fraction of sp³-hybridized carbons (Fsp3) is 0.250. The van der Waals surface area contributed by atoms with E-state index in [-0.39, 0.29) is 12.2 Å². The molecule has 1 aliphatic rings. The van der Waals surface area contributed by atoms with E-state index in [0.717, 1.165) is 5.56 Å². The second-order valence-corrected chi connectivity index (χ2v) is 5.79. The standard InChI is InChI=1S/C16H16N6O3/c17-14-13-15(19-8-18-14)21(9-20-13)12-6-11(16(23)24)22(25-12)7-10-4-2-1-3-5-10/h1-5,8-9,11-12H,6-7H2,(H,23,24)(H2,17,18,19)/t11-,12+/m0/s1. The number of carboxylic acids is 1. The molecule has 3 aromatic rings. The summed E-state index contributed by atoms with van der Waals surface area (Å²) in [6.07, 6.45) is 2.65. The third-order valence-corrected chi connectivity index (χ3v) is 4.19.